The van der Waals surface area contributed by atoms with Gasteiger partial charge in [0.15, 0.2) is 0 Å². The molecule has 0 bridgehead atoms. The van der Waals surface area contributed by atoms with E-state index >= 15 is 0 Å². The predicted molar refractivity (Wildman–Crippen MR) is 74.3 cm³/mol. The lowest BCUT2D eigenvalue weighted by molar-refractivity contribution is -0.122. The van der Waals surface area contributed by atoms with Crippen LogP contribution in [0.25, 0.3) is 0 Å². The number of nitrogens with two attached hydrogens (primary N) is 1. The van der Waals surface area contributed by atoms with Crippen LogP contribution in [-0.4, -0.2) is 37.5 Å². The highest BCUT2D eigenvalue weighted by molar-refractivity contribution is 5.77. The van der Waals surface area contributed by atoms with E-state index in [0.29, 0.717) is 13.1 Å². The number of nitrogens with zero attached hydrogens (tertiary/aromatic N) is 1. The molecule has 18 heavy (non-hydrogen) atoms. The first kappa shape index (κ1) is 14.7. The maximum Gasteiger partial charge on any atom is 0.233 e. The number of nitrogens with one attached hydrogen (secondary N) is 1. The zero-order valence-electron chi connectivity index (χ0n) is 11.4. The standard InChI is InChI=1S/C14H23N3O/c1-4-17(10-14(18)16-3)13(9-15)12-7-5-6-11(2)8-12/h5-8,13H,4,9-10,15H2,1-3H3,(H,16,18). The summed E-state index contributed by atoms with van der Waals surface area (Å²) in [7, 11) is 1.65. The minimum absolute atomic E-state index is 0.0166. The maximum absolute atomic E-state index is 11.5. The summed E-state index contributed by atoms with van der Waals surface area (Å²) in [5, 5.41) is 2.65. The maximum atomic E-state index is 11.5. The summed E-state index contributed by atoms with van der Waals surface area (Å²) < 4.78 is 0. The summed E-state index contributed by atoms with van der Waals surface area (Å²) in [6, 6.07) is 8.38. The first-order valence-corrected chi connectivity index (χ1v) is 6.33. The molecule has 1 aromatic rings. The smallest absolute Gasteiger partial charge is 0.233 e. The minimum atomic E-state index is 0.0166. The molecule has 0 aliphatic heterocycles. The van der Waals surface area contributed by atoms with Gasteiger partial charge < -0.3 is 11.1 Å². The van der Waals surface area contributed by atoms with Gasteiger partial charge in [-0.15, -0.1) is 0 Å². The highest BCUT2D eigenvalue weighted by Gasteiger charge is 2.19. The van der Waals surface area contributed by atoms with Crippen LogP contribution in [0.4, 0.5) is 0 Å². The third-order valence-corrected chi connectivity index (χ3v) is 3.12. The Morgan fingerprint density at radius 1 is 1.50 bits per heavy atom. The van der Waals surface area contributed by atoms with Crippen molar-refractivity contribution < 1.29 is 4.79 Å². The Labute approximate surface area is 109 Å². The number of hydrogen-bond acceptors (Lipinski definition) is 3. The average Bonchev–Trinajstić information content (AvgIpc) is 2.38. The number of amides is 1. The van der Waals surface area contributed by atoms with E-state index in [1.807, 2.05) is 13.0 Å². The molecule has 0 fully saturated rings. The molecule has 0 aliphatic rings. The van der Waals surface area contributed by atoms with Crippen LogP contribution in [0.2, 0.25) is 0 Å². The summed E-state index contributed by atoms with van der Waals surface area (Å²) >= 11 is 0. The molecule has 1 rings (SSSR count). The van der Waals surface area contributed by atoms with Gasteiger partial charge in [0, 0.05) is 19.6 Å². The lowest BCUT2D eigenvalue weighted by atomic mass is 10.0. The number of carbonyl (C=O) groups is 1. The lowest BCUT2D eigenvalue weighted by Gasteiger charge is -2.29. The van der Waals surface area contributed by atoms with Crippen LogP contribution >= 0.6 is 0 Å². The van der Waals surface area contributed by atoms with E-state index in [1.165, 1.54) is 11.1 Å². The largest absolute Gasteiger partial charge is 0.358 e. The van der Waals surface area contributed by atoms with Gasteiger partial charge in [0.25, 0.3) is 0 Å². The van der Waals surface area contributed by atoms with Crippen LogP contribution in [0.1, 0.15) is 24.1 Å². The molecule has 0 saturated heterocycles. The number of aryl methyl sites for hydroxylation is 1. The number of carbonyl (C=O) groups excluding carboxylic acids is 1. The van der Waals surface area contributed by atoms with Gasteiger partial charge in [-0.3, -0.25) is 9.69 Å². The Morgan fingerprint density at radius 2 is 2.22 bits per heavy atom. The van der Waals surface area contributed by atoms with E-state index in [-0.39, 0.29) is 11.9 Å². The van der Waals surface area contributed by atoms with Crippen LogP contribution < -0.4 is 11.1 Å². The fourth-order valence-corrected chi connectivity index (χ4v) is 2.08. The molecule has 0 spiro atoms. The molecule has 1 unspecified atom stereocenters. The summed E-state index contributed by atoms with van der Waals surface area (Å²) in [5.74, 6) is 0.0166. The number of benzene rings is 1. The van der Waals surface area contributed by atoms with Crippen molar-refractivity contribution in [3.8, 4) is 0 Å². The molecular weight excluding hydrogens is 226 g/mol. The molecule has 1 atom stereocenters. The van der Waals surface area contributed by atoms with Crippen molar-refractivity contribution in [3.05, 3.63) is 35.4 Å². The van der Waals surface area contributed by atoms with Crippen LogP contribution in [0.5, 0.6) is 0 Å². The Morgan fingerprint density at radius 3 is 2.72 bits per heavy atom. The van der Waals surface area contributed by atoms with Crippen LogP contribution in [0.3, 0.4) is 0 Å². The fourth-order valence-electron chi connectivity index (χ4n) is 2.08. The summed E-state index contributed by atoms with van der Waals surface area (Å²) in [6.45, 7) is 5.79. The van der Waals surface area contributed by atoms with E-state index in [1.54, 1.807) is 7.05 Å². The van der Waals surface area contributed by atoms with Crippen molar-refractivity contribution in [1.82, 2.24) is 10.2 Å². The molecular formula is C14H23N3O. The van der Waals surface area contributed by atoms with Gasteiger partial charge >= 0.3 is 0 Å². The number of hydrogen-bond donors (Lipinski definition) is 2. The first-order chi connectivity index (χ1) is 8.62. The second kappa shape index (κ2) is 7.13. The summed E-state index contributed by atoms with van der Waals surface area (Å²) in [6.07, 6.45) is 0. The van der Waals surface area contributed by atoms with E-state index in [9.17, 15) is 4.79 Å². The number of rotatable bonds is 6. The third kappa shape index (κ3) is 3.82. The summed E-state index contributed by atoms with van der Waals surface area (Å²) in [5.41, 5.74) is 8.25. The minimum Gasteiger partial charge on any atom is -0.358 e. The third-order valence-electron chi connectivity index (χ3n) is 3.12. The second-order valence-electron chi connectivity index (χ2n) is 4.40. The molecule has 100 valence electrons. The van der Waals surface area contributed by atoms with Gasteiger partial charge in [-0.1, -0.05) is 36.8 Å². The predicted octanol–water partition coefficient (Wildman–Crippen LogP) is 1.06. The van der Waals surface area contributed by atoms with Crippen molar-refractivity contribution in [2.24, 2.45) is 5.73 Å². The molecule has 1 aromatic carbocycles. The number of likely N-dealkylation sites (N-methyl/N-ethyl adjacent to an activating group) is 2. The molecule has 3 N–H and O–H groups in total. The van der Waals surface area contributed by atoms with Crippen molar-refractivity contribution in [2.45, 2.75) is 19.9 Å². The van der Waals surface area contributed by atoms with Crippen molar-refractivity contribution in [3.63, 3.8) is 0 Å². The quantitative estimate of drug-likeness (QED) is 0.792. The lowest BCUT2D eigenvalue weighted by Crippen LogP contribution is -2.40. The van der Waals surface area contributed by atoms with Gasteiger partial charge in [0.2, 0.25) is 5.91 Å². The van der Waals surface area contributed by atoms with Crippen molar-refractivity contribution >= 4 is 5.91 Å². The van der Waals surface area contributed by atoms with E-state index in [2.05, 4.69) is 35.3 Å². The first-order valence-electron chi connectivity index (χ1n) is 6.33. The average molecular weight is 249 g/mol. The van der Waals surface area contributed by atoms with Gasteiger partial charge in [0.05, 0.1) is 6.54 Å². The van der Waals surface area contributed by atoms with Crippen molar-refractivity contribution in [1.29, 1.82) is 0 Å². The van der Waals surface area contributed by atoms with Crippen LogP contribution in [-0.2, 0) is 4.79 Å². The second-order valence-corrected chi connectivity index (χ2v) is 4.40. The highest BCUT2D eigenvalue weighted by atomic mass is 16.1. The molecule has 0 heterocycles. The van der Waals surface area contributed by atoms with Crippen LogP contribution in [0, 0.1) is 6.92 Å². The van der Waals surface area contributed by atoms with E-state index in [4.69, 9.17) is 5.73 Å². The van der Waals surface area contributed by atoms with Crippen LogP contribution in [0.15, 0.2) is 24.3 Å². The van der Waals surface area contributed by atoms with Gasteiger partial charge in [-0.2, -0.15) is 0 Å². The molecule has 4 heteroatoms. The fraction of sp³-hybridized carbons (Fsp3) is 0.500. The monoisotopic (exact) mass is 249 g/mol. The normalized spacial score (nSPS) is 12.5. The highest BCUT2D eigenvalue weighted by Crippen LogP contribution is 2.20. The molecule has 4 nitrogen and oxygen atoms in total. The Bertz CT molecular complexity index is 392. The van der Waals surface area contributed by atoms with Gasteiger partial charge in [-0.05, 0) is 19.0 Å². The van der Waals surface area contributed by atoms with Gasteiger partial charge in [0.1, 0.15) is 0 Å². The Balaban J connectivity index is 2.89. The van der Waals surface area contributed by atoms with E-state index in [0.717, 1.165) is 6.54 Å². The topological polar surface area (TPSA) is 58.4 Å². The van der Waals surface area contributed by atoms with Gasteiger partial charge in [-0.25, -0.2) is 0 Å². The zero-order valence-corrected chi connectivity index (χ0v) is 11.4. The Kier molecular flexibility index (Phi) is 5.82. The molecule has 0 saturated carbocycles. The molecule has 0 aromatic heterocycles. The summed E-state index contributed by atoms with van der Waals surface area (Å²) in [4.78, 5) is 13.6. The van der Waals surface area contributed by atoms with E-state index < -0.39 is 0 Å². The molecule has 0 radical (unpaired) electrons. The SMILES string of the molecule is CCN(CC(=O)NC)C(CN)c1cccc(C)c1. The zero-order chi connectivity index (χ0) is 13.5. The Hall–Kier alpha value is -1.39. The molecule has 1 amide bonds. The molecule has 0 aliphatic carbocycles. The van der Waals surface area contributed by atoms with Crippen molar-refractivity contribution in [2.75, 3.05) is 26.7 Å².